The number of benzene rings is 1. The molecule has 0 saturated heterocycles. The maximum Gasteiger partial charge on any atom is 0.308 e. The first kappa shape index (κ1) is 17.3. The average molecular weight is 400 g/mol. The summed E-state index contributed by atoms with van der Waals surface area (Å²) in [5, 5.41) is -0.0428. The summed E-state index contributed by atoms with van der Waals surface area (Å²) in [6.07, 6.45) is 2.78. The van der Waals surface area contributed by atoms with Crippen LogP contribution in [0.4, 0.5) is 0 Å². The van der Waals surface area contributed by atoms with Gasteiger partial charge in [-0.2, -0.15) is 0 Å². The van der Waals surface area contributed by atoms with Crippen molar-refractivity contribution in [3.05, 3.63) is 33.9 Å². The Hall–Kier alpha value is -1.05. The molecule has 7 heteroatoms. The Morgan fingerprint density at radius 3 is 2.91 bits per heavy atom. The number of hydrogen-bond donors (Lipinski definition) is 0. The molecule has 22 heavy (non-hydrogen) atoms. The highest BCUT2D eigenvalue weighted by molar-refractivity contribution is 9.10. The first-order valence-corrected chi connectivity index (χ1v) is 9.22. The van der Waals surface area contributed by atoms with Crippen molar-refractivity contribution in [2.24, 2.45) is 4.99 Å². The lowest BCUT2D eigenvalue weighted by atomic mass is 10.2. The zero-order valence-electron chi connectivity index (χ0n) is 12.1. The summed E-state index contributed by atoms with van der Waals surface area (Å²) in [6.45, 7) is 3.44. The van der Waals surface area contributed by atoms with Gasteiger partial charge >= 0.3 is 5.97 Å². The van der Waals surface area contributed by atoms with Crippen LogP contribution in [-0.2, 0) is 9.59 Å². The molecule has 0 N–H and O–H groups in total. The van der Waals surface area contributed by atoms with Crippen LogP contribution in [0.1, 0.15) is 25.8 Å². The second kappa shape index (κ2) is 7.99. The van der Waals surface area contributed by atoms with Gasteiger partial charge < -0.3 is 4.74 Å². The number of ether oxygens (including phenoxy) is 1. The fourth-order valence-corrected chi connectivity index (χ4v) is 3.89. The first-order valence-electron chi connectivity index (χ1n) is 6.63. The minimum absolute atomic E-state index is 0.0428. The molecule has 0 bridgehead atoms. The summed E-state index contributed by atoms with van der Waals surface area (Å²) < 4.78 is 6.50. The third-order valence-electron chi connectivity index (χ3n) is 2.54. The number of nitrogens with zero attached hydrogens (tertiary/aromatic N) is 1. The third kappa shape index (κ3) is 4.72. The molecule has 1 heterocycles. The third-order valence-corrected chi connectivity index (χ3v) is 5.38. The van der Waals surface area contributed by atoms with Crippen LogP contribution >= 0.6 is 39.5 Å². The number of rotatable bonds is 4. The topological polar surface area (TPSA) is 55.7 Å². The molecule has 1 aliphatic heterocycles. The molecule has 0 aliphatic carbocycles. The maximum absolute atomic E-state index is 11.9. The number of carbonyl (C=O) groups excluding carboxylic acids is 2. The van der Waals surface area contributed by atoms with Crippen molar-refractivity contribution in [1.82, 2.24) is 0 Å². The van der Waals surface area contributed by atoms with Gasteiger partial charge in [-0.25, -0.2) is 4.99 Å². The van der Waals surface area contributed by atoms with Crippen molar-refractivity contribution in [1.29, 1.82) is 0 Å². The second-order valence-corrected chi connectivity index (χ2v) is 7.59. The molecule has 0 radical (unpaired) electrons. The Morgan fingerprint density at radius 1 is 1.50 bits per heavy atom. The number of halogens is 1. The van der Waals surface area contributed by atoms with E-state index in [9.17, 15) is 9.59 Å². The van der Waals surface area contributed by atoms with Crippen molar-refractivity contribution in [3.63, 3.8) is 0 Å². The molecule has 1 aliphatic rings. The van der Waals surface area contributed by atoms with Gasteiger partial charge in [-0.15, -0.1) is 0 Å². The van der Waals surface area contributed by atoms with Gasteiger partial charge in [0.05, 0.1) is 4.47 Å². The SMILES string of the molecule is CCCSC1=N/C(=C\c2ccc(OC(C)=O)c(Br)c2)C(=O)S1. The van der Waals surface area contributed by atoms with Gasteiger partial charge in [0.15, 0.2) is 0 Å². The van der Waals surface area contributed by atoms with Gasteiger partial charge in [0, 0.05) is 6.92 Å². The second-order valence-electron chi connectivity index (χ2n) is 4.43. The lowest BCUT2D eigenvalue weighted by Gasteiger charge is -2.04. The van der Waals surface area contributed by atoms with Crippen LogP contribution in [0.15, 0.2) is 33.4 Å². The normalized spacial score (nSPS) is 16.0. The summed E-state index contributed by atoms with van der Waals surface area (Å²) in [4.78, 5) is 27.3. The van der Waals surface area contributed by atoms with Crippen LogP contribution in [0.25, 0.3) is 6.08 Å². The molecule has 0 aromatic heterocycles. The zero-order valence-corrected chi connectivity index (χ0v) is 15.3. The molecule has 2 rings (SSSR count). The molecule has 116 valence electrons. The Morgan fingerprint density at radius 2 is 2.27 bits per heavy atom. The fourth-order valence-electron chi connectivity index (χ4n) is 1.64. The molecular formula is C15H14BrNO3S2. The zero-order chi connectivity index (χ0) is 16.1. The molecular weight excluding hydrogens is 386 g/mol. The minimum Gasteiger partial charge on any atom is -0.426 e. The van der Waals surface area contributed by atoms with Crippen LogP contribution in [0.2, 0.25) is 0 Å². The number of hydrogen-bond acceptors (Lipinski definition) is 6. The van der Waals surface area contributed by atoms with E-state index in [1.165, 1.54) is 18.7 Å². The van der Waals surface area contributed by atoms with Crippen molar-refractivity contribution in [2.75, 3.05) is 5.75 Å². The predicted molar refractivity (Wildman–Crippen MR) is 96.2 cm³/mol. The van der Waals surface area contributed by atoms with Gasteiger partial charge in [0.25, 0.3) is 0 Å². The van der Waals surface area contributed by atoms with Crippen LogP contribution in [0.5, 0.6) is 5.75 Å². The van der Waals surface area contributed by atoms with Crippen LogP contribution in [0.3, 0.4) is 0 Å². The molecule has 0 spiro atoms. The van der Waals surface area contributed by atoms with Gasteiger partial charge in [-0.1, -0.05) is 24.8 Å². The van der Waals surface area contributed by atoms with Crippen LogP contribution in [0, 0.1) is 0 Å². The number of esters is 1. The lowest BCUT2D eigenvalue weighted by Crippen LogP contribution is -2.01. The molecule has 0 fully saturated rings. The van der Waals surface area contributed by atoms with Crippen LogP contribution < -0.4 is 4.74 Å². The molecule has 1 aromatic rings. The molecule has 0 atom stereocenters. The van der Waals surface area contributed by atoms with E-state index in [0.29, 0.717) is 15.9 Å². The first-order chi connectivity index (χ1) is 10.5. The number of aliphatic imine (C=N–C) groups is 1. The lowest BCUT2D eigenvalue weighted by molar-refractivity contribution is -0.131. The molecule has 4 nitrogen and oxygen atoms in total. The monoisotopic (exact) mass is 399 g/mol. The quantitative estimate of drug-likeness (QED) is 0.424. The van der Waals surface area contributed by atoms with Crippen molar-refractivity contribution >= 4 is 61.0 Å². The Balaban J connectivity index is 2.18. The van der Waals surface area contributed by atoms with E-state index in [4.69, 9.17) is 4.74 Å². The van der Waals surface area contributed by atoms with Gasteiger partial charge in [-0.3, -0.25) is 9.59 Å². The molecule has 0 unspecified atom stereocenters. The predicted octanol–water partition coefficient (Wildman–Crippen LogP) is 4.49. The number of thioether (sulfide) groups is 2. The highest BCUT2D eigenvalue weighted by Gasteiger charge is 2.22. The summed E-state index contributed by atoms with van der Waals surface area (Å²) in [7, 11) is 0. The van der Waals surface area contributed by atoms with E-state index >= 15 is 0 Å². The highest BCUT2D eigenvalue weighted by atomic mass is 79.9. The largest absolute Gasteiger partial charge is 0.426 e. The Labute approximate surface area is 145 Å². The van der Waals surface area contributed by atoms with E-state index < -0.39 is 0 Å². The molecule has 0 saturated carbocycles. The maximum atomic E-state index is 11.9. The van der Waals surface area contributed by atoms with E-state index in [1.54, 1.807) is 36.0 Å². The Kier molecular flexibility index (Phi) is 6.28. The van der Waals surface area contributed by atoms with Crippen molar-refractivity contribution < 1.29 is 14.3 Å². The number of carbonyl (C=O) groups is 2. The van der Waals surface area contributed by atoms with E-state index in [2.05, 4.69) is 27.8 Å². The van der Waals surface area contributed by atoms with Gasteiger partial charge in [0.1, 0.15) is 15.8 Å². The van der Waals surface area contributed by atoms with E-state index in [1.807, 2.05) is 0 Å². The van der Waals surface area contributed by atoms with Crippen molar-refractivity contribution in [2.45, 2.75) is 20.3 Å². The summed E-state index contributed by atoms with van der Waals surface area (Å²) >= 11 is 6.12. The van der Waals surface area contributed by atoms with E-state index in [0.717, 1.165) is 22.1 Å². The molecule has 1 aromatic carbocycles. The van der Waals surface area contributed by atoms with Gasteiger partial charge in [-0.05, 0) is 63.6 Å². The standard InChI is InChI=1S/C15H14BrNO3S2/c1-3-6-21-15-17-12(14(19)22-15)8-10-4-5-13(11(16)7-10)20-9(2)18/h4-5,7-8H,3,6H2,1-2H3/b12-8-. The summed E-state index contributed by atoms with van der Waals surface area (Å²) in [5.41, 5.74) is 1.26. The van der Waals surface area contributed by atoms with Crippen molar-refractivity contribution in [3.8, 4) is 5.75 Å². The van der Waals surface area contributed by atoms with E-state index in [-0.39, 0.29) is 11.1 Å². The Bertz CT molecular complexity index is 671. The highest BCUT2D eigenvalue weighted by Crippen LogP contribution is 2.32. The van der Waals surface area contributed by atoms with Crippen LogP contribution in [-0.4, -0.2) is 21.2 Å². The summed E-state index contributed by atoms with van der Waals surface area (Å²) in [6, 6.07) is 5.25. The molecule has 0 amide bonds. The smallest absolute Gasteiger partial charge is 0.308 e. The average Bonchev–Trinajstić information content (AvgIpc) is 2.79. The summed E-state index contributed by atoms with van der Waals surface area (Å²) in [5.74, 6) is 1.02. The van der Waals surface area contributed by atoms with Gasteiger partial charge in [0.2, 0.25) is 5.12 Å². The fraction of sp³-hybridized carbons (Fsp3) is 0.267. The minimum atomic E-state index is -0.378.